The van der Waals surface area contributed by atoms with Crippen LogP contribution in [0.4, 0.5) is 0 Å². The minimum absolute atomic E-state index is 0.267. The van der Waals surface area contributed by atoms with Gasteiger partial charge in [0.05, 0.1) is 0 Å². The number of hydrogen-bond acceptors (Lipinski definition) is 2. The van der Waals surface area contributed by atoms with Crippen LogP contribution in [0, 0.1) is 23.7 Å². The fourth-order valence-electron chi connectivity index (χ4n) is 3.73. The molecule has 0 aromatic rings. The maximum Gasteiger partial charge on any atom is 0.225 e. The first-order valence-corrected chi connectivity index (χ1v) is 7.19. The summed E-state index contributed by atoms with van der Waals surface area (Å²) in [6.45, 7) is 4.11. The Bertz CT molecular complexity index is 313. The van der Waals surface area contributed by atoms with Crippen LogP contribution in [0.15, 0.2) is 0 Å². The number of rotatable bonds is 2. The lowest BCUT2D eigenvalue weighted by Crippen LogP contribution is -2.34. The topological polar surface area (TPSA) is 46.3 Å². The Labute approximate surface area is 104 Å². The molecule has 2 unspecified atom stereocenters. The van der Waals surface area contributed by atoms with E-state index in [1.165, 1.54) is 19.3 Å². The molecular formula is C14H24N2O. The molecule has 1 saturated heterocycles. The summed E-state index contributed by atoms with van der Waals surface area (Å²) in [5.41, 5.74) is 6.03. The van der Waals surface area contributed by atoms with Gasteiger partial charge in [0.25, 0.3) is 0 Å². The molecule has 1 amide bonds. The predicted molar refractivity (Wildman–Crippen MR) is 67.3 cm³/mol. The summed E-state index contributed by atoms with van der Waals surface area (Å²) in [5, 5.41) is 0. The molecule has 2 aliphatic carbocycles. The van der Waals surface area contributed by atoms with Gasteiger partial charge in [0.1, 0.15) is 0 Å². The summed E-state index contributed by atoms with van der Waals surface area (Å²) < 4.78 is 0. The Morgan fingerprint density at radius 1 is 1.18 bits per heavy atom. The van der Waals surface area contributed by atoms with Gasteiger partial charge in [0, 0.05) is 25.0 Å². The molecule has 3 heteroatoms. The van der Waals surface area contributed by atoms with Gasteiger partial charge in [-0.3, -0.25) is 4.79 Å². The van der Waals surface area contributed by atoms with Crippen LogP contribution in [-0.2, 0) is 4.79 Å². The van der Waals surface area contributed by atoms with E-state index in [0.29, 0.717) is 23.8 Å². The quantitative estimate of drug-likeness (QED) is 0.792. The molecule has 96 valence electrons. The molecular weight excluding hydrogens is 212 g/mol. The van der Waals surface area contributed by atoms with E-state index in [0.717, 1.165) is 31.8 Å². The molecule has 0 spiro atoms. The van der Waals surface area contributed by atoms with Crippen LogP contribution in [-0.4, -0.2) is 29.9 Å². The van der Waals surface area contributed by atoms with Gasteiger partial charge in [0.2, 0.25) is 5.91 Å². The van der Waals surface area contributed by atoms with E-state index < -0.39 is 0 Å². The molecule has 3 nitrogen and oxygen atoms in total. The second-order valence-electron chi connectivity index (χ2n) is 6.46. The Kier molecular flexibility index (Phi) is 2.89. The second-order valence-corrected chi connectivity index (χ2v) is 6.46. The molecule has 0 radical (unpaired) electrons. The summed E-state index contributed by atoms with van der Waals surface area (Å²) in [6, 6.07) is 0.382. The van der Waals surface area contributed by atoms with Gasteiger partial charge in [-0.15, -0.1) is 0 Å². The highest BCUT2D eigenvalue weighted by Gasteiger charge is 2.42. The maximum atomic E-state index is 12.3. The van der Waals surface area contributed by atoms with Crippen molar-refractivity contribution in [1.29, 1.82) is 0 Å². The Hall–Kier alpha value is -0.570. The first-order chi connectivity index (χ1) is 8.15. The third kappa shape index (κ3) is 2.22. The standard InChI is InChI=1S/C14H24N2O/c1-9(10-2-3-10)14(17)16-7-11-4-5-13(15)6-12(11)8-16/h9-13H,2-8,15H2,1H3/t9?,11-,12+,13?/m1/s1. The number of nitrogens with two attached hydrogens (primary N) is 1. The Morgan fingerprint density at radius 3 is 2.59 bits per heavy atom. The van der Waals surface area contributed by atoms with E-state index >= 15 is 0 Å². The van der Waals surface area contributed by atoms with E-state index in [2.05, 4.69) is 11.8 Å². The lowest BCUT2D eigenvalue weighted by atomic mass is 9.79. The average Bonchev–Trinajstić information content (AvgIpc) is 3.07. The first-order valence-electron chi connectivity index (χ1n) is 7.19. The Balaban J connectivity index is 1.60. The van der Waals surface area contributed by atoms with Crippen molar-refractivity contribution in [2.45, 2.75) is 45.1 Å². The number of hydrogen-bond donors (Lipinski definition) is 1. The molecule has 3 rings (SSSR count). The monoisotopic (exact) mass is 236 g/mol. The van der Waals surface area contributed by atoms with Crippen molar-refractivity contribution in [3.8, 4) is 0 Å². The lowest BCUT2D eigenvalue weighted by Gasteiger charge is -2.27. The molecule has 0 aromatic carbocycles. The van der Waals surface area contributed by atoms with E-state index in [4.69, 9.17) is 5.73 Å². The van der Waals surface area contributed by atoms with Crippen molar-refractivity contribution in [1.82, 2.24) is 4.90 Å². The van der Waals surface area contributed by atoms with E-state index in [1.54, 1.807) is 0 Å². The highest BCUT2D eigenvalue weighted by atomic mass is 16.2. The largest absolute Gasteiger partial charge is 0.342 e. The number of amides is 1. The average molecular weight is 236 g/mol. The molecule has 1 heterocycles. The summed E-state index contributed by atoms with van der Waals surface area (Å²) in [5.74, 6) is 2.80. The Morgan fingerprint density at radius 2 is 1.88 bits per heavy atom. The number of nitrogens with zero attached hydrogens (tertiary/aromatic N) is 1. The second kappa shape index (κ2) is 4.27. The number of carbonyl (C=O) groups is 1. The molecule has 3 fully saturated rings. The van der Waals surface area contributed by atoms with Crippen LogP contribution in [0.2, 0.25) is 0 Å². The highest BCUT2D eigenvalue weighted by Crippen LogP contribution is 2.40. The van der Waals surface area contributed by atoms with Gasteiger partial charge in [-0.2, -0.15) is 0 Å². The van der Waals surface area contributed by atoms with Crippen LogP contribution in [0.1, 0.15) is 39.0 Å². The van der Waals surface area contributed by atoms with Gasteiger partial charge in [0.15, 0.2) is 0 Å². The molecule has 2 N–H and O–H groups in total. The summed E-state index contributed by atoms with van der Waals surface area (Å²) in [6.07, 6.45) is 6.04. The van der Waals surface area contributed by atoms with E-state index in [1.807, 2.05) is 0 Å². The minimum atomic E-state index is 0.267. The SMILES string of the molecule is CC(C(=O)N1C[C@H]2CCC(N)C[C@H]2C1)C1CC1. The summed E-state index contributed by atoms with van der Waals surface area (Å²) in [7, 11) is 0. The number of fused-ring (bicyclic) bond motifs is 1. The molecule has 4 atom stereocenters. The van der Waals surface area contributed by atoms with Crippen LogP contribution in [0.25, 0.3) is 0 Å². The lowest BCUT2D eigenvalue weighted by molar-refractivity contribution is -0.134. The van der Waals surface area contributed by atoms with Crippen molar-refractivity contribution < 1.29 is 4.79 Å². The zero-order valence-corrected chi connectivity index (χ0v) is 10.8. The third-order valence-corrected chi connectivity index (χ3v) is 5.12. The summed E-state index contributed by atoms with van der Waals surface area (Å²) in [4.78, 5) is 14.5. The first kappa shape index (κ1) is 11.5. The van der Waals surface area contributed by atoms with Gasteiger partial charge < -0.3 is 10.6 Å². The zero-order chi connectivity index (χ0) is 12.0. The van der Waals surface area contributed by atoms with E-state index in [-0.39, 0.29) is 5.92 Å². The van der Waals surface area contributed by atoms with Crippen molar-refractivity contribution in [3.05, 3.63) is 0 Å². The van der Waals surface area contributed by atoms with Gasteiger partial charge in [-0.1, -0.05) is 6.92 Å². The predicted octanol–water partition coefficient (Wildman–Crippen LogP) is 1.62. The highest BCUT2D eigenvalue weighted by molar-refractivity contribution is 5.79. The van der Waals surface area contributed by atoms with Crippen molar-refractivity contribution in [2.75, 3.05) is 13.1 Å². The van der Waals surface area contributed by atoms with Crippen LogP contribution >= 0.6 is 0 Å². The van der Waals surface area contributed by atoms with Crippen LogP contribution < -0.4 is 5.73 Å². The molecule has 0 bridgehead atoms. The van der Waals surface area contributed by atoms with Crippen molar-refractivity contribution in [2.24, 2.45) is 29.4 Å². The molecule has 2 saturated carbocycles. The van der Waals surface area contributed by atoms with Crippen molar-refractivity contribution >= 4 is 5.91 Å². The fourth-order valence-corrected chi connectivity index (χ4v) is 3.73. The van der Waals surface area contributed by atoms with Gasteiger partial charge >= 0.3 is 0 Å². The normalized spacial score (nSPS) is 38.9. The zero-order valence-electron chi connectivity index (χ0n) is 10.8. The molecule has 0 aromatic heterocycles. The van der Waals surface area contributed by atoms with E-state index in [9.17, 15) is 4.79 Å². The molecule has 17 heavy (non-hydrogen) atoms. The van der Waals surface area contributed by atoms with Crippen molar-refractivity contribution in [3.63, 3.8) is 0 Å². The number of likely N-dealkylation sites (tertiary alicyclic amines) is 1. The maximum absolute atomic E-state index is 12.3. The van der Waals surface area contributed by atoms with Crippen LogP contribution in [0.3, 0.4) is 0 Å². The van der Waals surface area contributed by atoms with Crippen LogP contribution in [0.5, 0.6) is 0 Å². The van der Waals surface area contributed by atoms with Gasteiger partial charge in [-0.25, -0.2) is 0 Å². The minimum Gasteiger partial charge on any atom is -0.342 e. The van der Waals surface area contributed by atoms with Gasteiger partial charge in [-0.05, 0) is 49.9 Å². The third-order valence-electron chi connectivity index (χ3n) is 5.12. The molecule has 3 aliphatic rings. The molecule has 1 aliphatic heterocycles. The smallest absolute Gasteiger partial charge is 0.225 e. The summed E-state index contributed by atoms with van der Waals surface area (Å²) >= 11 is 0. The number of carbonyl (C=O) groups excluding carboxylic acids is 1. The fraction of sp³-hybridized carbons (Fsp3) is 0.929.